The molecule has 1 aromatic heterocycles. The number of hydrogen-bond acceptors (Lipinski definition) is 4. The number of halogens is 3. The summed E-state index contributed by atoms with van der Waals surface area (Å²) in [7, 11) is 0. The molecular formula is C20H20F3N3O5. The zero-order valence-corrected chi connectivity index (χ0v) is 16.2. The van der Waals surface area contributed by atoms with Crippen molar-refractivity contribution >= 4 is 23.7 Å². The molecule has 0 radical (unpaired) electrons. The van der Waals surface area contributed by atoms with Crippen LogP contribution in [-0.2, 0) is 24.2 Å². The van der Waals surface area contributed by atoms with E-state index in [4.69, 9.17) is 15.0 Å². The monoisotopic (exact) mass is 439 g/mol. The first-order chi connectivity index (χ1) is 14.6. The normalized spacial score (nSPS) is 12.6. The highest BCUT2D eigenvalue weighted by Gasteiger charge is 2.38. The summed E-state index contributed by atoms with van der Waals surface area (Å²) in [5.41, 5.74) is 3.70. The molecule has 1 heterocycles. The van der Waals surface area contributed by atoms with Crippen LogP contribution < -0.4 is 10.6 Å². The van der Waals surface area contributed by atoms with Gasteiger partial charge < -0.3 is 20.8 Å². The summed E-state index contributed by atoms with van der Waals surface area (Å²) in [5.74, 6) is -3.76. The largest absolute Gasteiger partial charge is 0.490 e. The van der Waals surface area contributed by atoms with Gasteiger partial charge in [-0.15, -0.1) is 0 Å². The van der Waals surface area contributed by atoms with Crippen LogP contribution in [0.5, 0.6) is 0 Å². The SMILES string of the molecule is O=C(NCc1ccccc1C(=O)O)Nc1cnc2c(c1)CCCC2.O=C(O)C(F)(F)F. The molecule has 2 amide bonds. The molecule has 0 unspecified atom stereocenters. The van der Waals surface area contributed by atoms with Gasteiger partial charge in [-0.2, -0.15) is 13.2 Å². The second kappa shape index (κ2) is 10.4. The predicted molar refractivity (Wildman–Crippen MR) is 104 cm³/mol. The number of carbonyl (C=O) groups excluding carboxylic acids is 1. The number of nitrogens with one attached hydrogen (secondary N) is 2. The molecule has 1 aromatic carbocycles. The van der Waals surface area contributed by atoms with Crippen LogP contribution in [0.15, 0.2) is 36.5 Å². The third-order valence-electron chi connectivity index (χ3n) is 4.36. The number of carbonyl (C=O) groups is 3. The van der Waals surface area contributed by atoms with Crippen LogP contribution in [0.4, 0.5) is 23.7 Å². The third kappa shape index (κ3) is 7.28. The molecule has 11 heteroatoms. The second-order valence-electron chi connectivity index (χ2n) is 6.61. The summed E-state index contributed by atoms with van der Waals surface area (Å²) >= 11 is 0. The summed E-state index contributed by atoms with van der Waals surface area (Å²) in [6.07, 6.45) is 0.876. The van der Waals surface area contributed by atoms with Gasteiger partial charge in [0.2, 0.25) is 0 Å². The molecule has 0 saturated heterocycles. The molecule has 31 heavy (non-hydrogen) atoms. The number of alkyl halides is 3. The first kappa shape index (κ1) is 23.6. The fourth-order valence-electron chi connectivity index (χ4n) is 2.89. The maximum Gasteiger partial charge on any atom is 0.490 e. The van der Waals surface area contributed by atoms with Gasteiger partial charge in [0.05, 0.1) is 17.4 Å². The molecule has 166 valence electrons. The zero-order chi connectivity index (χ0) is 23.0. The summed E-state index contributed by atoms with van der Waals surface area (Å²) in [6, 6.07) is 8.19. The zero-order valence-electron chi connectivity index (χ0n) is 16.2. The van der Waals surface area contributed by atoms with E-state index in [2.05, 4.69) is 15.6 Å². The molecule has 0 fully saturated rings. The van der Waals surface area contributed by atoms with Crippen molar-refractivity contribution in [1.29, 1.82) is 0 Å². The number of pyridine rings is 1. The van der Waals surface area contributed by atoms with Gasteiger partial charge in [0.15, 0.2) is 0 Å². The summed E-state index contributed by atoms with van der Waals surface area (Å²) in [4.78, 5) is 36.5. The Morgan fingerprint density at radius 3 is 2.35 bits per heavy atom. The number of benzene rings is 1. The minimum atomic E-state index is -5.08. The van der Waals surface area contributed by atoms with Gasteiger partial charge in [-0.1, -0.05) is 18.2 Å². The highest BCUT2D eigenvalue weighted by atomic mass is 19.4. The molecule has 3 rings (SSSR count). The van der Waals surface area contributed by atoms with Gasteiger partial charge in [0, 0.05) is 12.2 Å². The van der Waals surface area contributed by atoms with Crippen molar-refractivity contribution in [2.45, 2.75) is 38.4 Å². The van der Waals surface area contributed by atoms with E-state index in [1.54, 1.807) is 24.4 Å². The number of anilines is 1. The maximum atomic E-state index is 12.0. The highest BCUT2D eigenvalue weighted by molar-refractivity contribution is 5.91. The summed E-state index contributed by atoms with van der Waals surface area (Å²) < 4.78 is 31.7. The molecule has 2 aromatic rings. The third-order valence-corrected chi connectivity index (χ3v) is 4.36. The number of rotatable bonds is 4. The van der Waals surface area contributed by atoms with Gasteiger partial charge in [-0.05, 0) is 48.9 Å². The lowest BCUT2D eigenvalue weighted by molar-refractivity contribution is -0.192. The molecule has 8 nitrogen and oxygen atoms in total. The van der Waals surface area contributed by atoms with Gasteiger partial charge in [-0.25, -0.2) is 14.4 Å². The van der Waals surface area contributed by atoms with Crippen LogP contribution in [0.25, 0.3) is 0 Å². The van der Waals surface area contributed by atoms with E-state index in [1.807, 2.05) is 6.07 Å². The Morgan fingerprint density at radius 2 is 1.71 bits per heavy atom. The van der Waals surface area contributed by atoms with Crippen molar-refractivity contribution in [3.63, 3.8) is 0 Å². The van der Waals surface area contributed by atoms with Crippen LogP contribution >= 0.6 is 0 Å². The smallest absolute Gasteiger partial charge is 0.478 e. The van der Waals surface area contributed by atoms with Crippen molar-refractivity contribution in [1.82, 2.24) is 10.3 Å². The molecule has 4 N–H and O–H groups in total. The highest BCUT2D eigenvalue weighted by Crippen LogP contribution is 2.22. The molecule has 0 aliphatic heterocycles. The first-order valence-corrected chi connectivity index (χ1v) is 9.22. The Hall–Kier alpha value is -3.63. The lowest BCUT2D eigenvalue weighted by Gasteiger charge is -2.16. The molecule has 0 bridgehead atoms. The van der Waals surface area contributed by atoms with Crippen molar-refractivity contribution in [3.05, 3.63) is 58.9 Å². The molecule has 1 aliphatic rings. The van der Waals surface area contributed by atoms with Gasteiger partial charge in [0.25, 0.3) is 0 Å². The Bertz CT molecular complexity index is 963. The fourth-order valence-corrected chi connectivity index (χ4v) is 2.89. The number of carboxylic acids is 2. The van der Waals surface area contributed by atoms with E-state index in [0.717, 1.165) is 31.4 Å². The van der Waals surface area contributed by atoms with Gasteiger partial charge in [-0.3, -0.25) is 4.98 Å². The quantitative estimate of drug-likeness (QED) is 0.576. The topological polar surface area (TPSA) is 129 Å². The van der Waals surface area contributed by atoms with Crippen molar-refractivity contribution in [2.75, 3.05) is 5.32 Å². The van der Waals surface area contributed by atoms with E-state index in [1.165, 1.54) is 11.6 Å². The fraction of sp³-hybridized carbons (Fsp3) is 0.300. The molecule has 1 aliphatic carbocycles. The number of nitrogens with zero attached hydrogens (tertiary/aromatic N) is 1. The molecule has 0 saturated carbocycles. The Kier molecular flexibility index (Phi) is 7.94. The van der Waals surface area contributed by atoms with Gasteiger partial charge >= 0.3 is 24.1 Å². The van der Waals surface area contributed by atoms with E-state index in [-0.39, 0.29) is 18.1 Å². The van der Waals surface area contributed by atoms with Crippen LogP contribution in [0.3, 0.4) is 0 Å². The van der Waals surface area contributed by atoms with Crippen LogP contribution in [0.1, 0.15) is 40.0 Å². The Labute approximate surface area is 175 Å². The van der Waals surface area contributed by atoms with E-state index in [9.17, 15) is 22.8 Å². The number of urea groups is 1. The maximum absolute atomic E-state index is 12.0. The minimum absolute atomic E-state index is 0.146. The second-order valence-corrected chi connectivity index (χ2v) is 6.61. The number of aryl methyl sites for hydroxylation is 2. The predicted octanol–water partition coefficient (Wildman–Crippen LogP) is 3.61. The lowest BCUT2D eigenvalue weighted by Crippen LogP contribution is -2.29. The average Bonchev–Trinajstić information content (AvgIpc) is 2.72. The number of hydrogen-bond donors (Lipinski definition) is 4. The van der Waals surface area contributed by atoms with Crippen LogP contribution in [0, 0.1) is 0 Å². The van der Waals surface area contributed by atoms with Crippen LogP contribution in [0.2, 0.25) is 0 Å². The Balaban J connectivity index is 0.000000423. The number of amides is 2. The van der Waals surface area contributed by atoms with Crippen LogP contribution in [-0.4, -0.2) is 39.3 Å². The van der Waals surface area contributed by atoms with Gasteiger partial charge in [0.1, 0.15) is 0 Å². The van der Waals surface area contributed by atoms with E-state index in [0.29, 0.717) is 11.3 Å². The minimum Gasteiger partial charge on any atom is -0.478 e. The number of carboxylic acid groups (broad SMARTS) is 2. The number of aliphatic carboxylic acids is 1. The number of aromatic carboxylic acids is 1. The Morgan fingerprint density at radius 1 is 1.06 bits per heavy atom. The number of fused-ring (bicyclic) bond motifs is 1. The van der Waals surface area contributed by atoms with E-state index < -0.39 is 18.1 Å². The summed E-state index contributed by atoms with van der Waals surface area (Å²) in [6.45, 7) is 0.146. The molecular weight excluding hydrogens is 419 g/mol. The average molecular weight is 439 g/mol. The van der Waals surface area contributed by atoms with Crippen molar-refractivity contribution in [2.24, 2.45) is 0 Å². The molecule has 0 atom stereocenters. The standard InChI is InChI=1S/C18H19N3O3.C2HF3O2/c22-17(23)15-7-3-1-6-13(15)10-20-18(24)21-14-9-12-5-2-4-8-16(12)19-11-14;3-2(4,5)1(6)7/h1,3,6-7,9,11H,2,4-5,8,10H2,(H,22,23)(H2,20,21,24);(H,6,7). The lowest BCUT2D eigenvalue weighted by atomic mass is 9.96. The van der Waals surface area contributed by atoms with Crippen molar-refractivity contribution in [3.8, 4) is 0 Å². The van der Waals surface area contributed by atoms with Crippen molar-refractivity contribution < 1.29 is 37.8 Å². The first-order valence-electron chi connectivity index (χ1n) is 9.22. The molecule has 0 spiro atoms. The number of aromatic nitrogens is 1. The summed E-state index contributed by atoms with van der Waals surface area (Å²) in [5, 5.41) is 21.7. The van der Waals surface area contributed by atoms with E-state index >= 15 is 0 Å².